The average Bonchev–Trinajstić information content (AvgIpc) is 2.54. The molecule has 9 heteroatoms. The van der Waals surface area contributed by atoms with Crippen LogP contribution in [-0.4, -0.2) is 40.8 Å². The van der Waals surface area contributed by atoms with Crippen LogP contribution < -0.4 is 4.72 Å². The van der Waals surface area contributed by atoms with Gasteiger partial charge in [0.1, 0.15) is 5.82 Å². The summed E-state index contributed by atoms with van der Waals surface area (Å²) >= 11 is 0. The molecule has 1 aromatic rings. The standard InChI is InChI=1S/C14H19FN2O4S2/c1-2-22(18,19)16-10-12-4-3-9-17(11-12)23(20,21)14-7-5-13(15)6-8-14/h2,5-8,12,16H,1,3-4,9-11H2. The summed E-state index contributed by atoms with van der Waals surface area (Å²) in [5.41, 5.74) is 0. The normalized spacial score (nSPS) is 20.3. The predicted molar refractivity (Wildman–Crippen MR) is 85.0 cm³/mol. The SMILES string of the molecule is C=CS(=O)(=O)NCC1CCCN(S(=O)(=O)c2ccc(F)cc2)C1. The highest BCUT2D eigenvalue weighted by atomic mass is 32.2. The number of rotatable bonds is 6. The molecule has 1 fully saturated rings. The quantitative estimate of drug-likeness (QED) is 0.826. The number of halogens is 1. The van der Waals surface area contributed by atoms with Crippen LogP contribution in [0, 0.1) is 11.7 Å². The third-order valence-electron chi connectivity index (χ3n) is 3.73. The van der Waals surface area contributed by atoms with Gasteiger partial charge in [0.25, 0.3) is 0 Å². The minimum atomic E-state index is -3.70. The van der Waals surface area contributed by atoms with Crippen LogP contribution in [0.25, 0.3) is 0 Å². The molecule has 1 aliphatic rings. The van der Waals surface area contributed by atoms with E-state index in [0.29, 0.717) is 13.0 Å². The van der Waals surface area contributed by atoms with Gasteiger partial charge in [0.2, 0.25) is 20.0 Å². The Morgan fingerprint density at radius 3 is 2.52 bits per heavy atom. The van der Waals surface area contributed by atoms with Crippen molar-refractivity contribution in [1.29, 1.82) is 0 Å². The fourth-order valence-electron chi connectivity index (χ4n) is 2.46. The fraction of sp³-hybridized carbons (Fsp3) is 0.429. The Hall–Kier alpha value is -1.29. The Morgan fingerprint density at radius 1 is 1.26 bits per heavy atom. The highest BCUT2D eigenvalue weighted by molar-refractivity contribution is 7.92. The van der Waals surface area contributed by atoms with Crippen molar-refractivity contribution in [2.24, 2.45) is 5.92 Å². The summed E-state index contributed by atoms with van der Waals surface area (Å²) in [6, 6.07) is 4.67. The van der Waals surface area contributed by atoms with E-state index in [1.807, 2.05) is 0 Å². The van der Waals surface area contributed by atoms with Gasteiger partial charge in [0, 0.05) is 25.0 Å². The van der Waals surface area contributed by atoms with E-state index in [4.69, 9.17) is 0 Å². The van der Waals surface area contributed by atoms with Crippen molar-refractivity contribution < 1.29 is 21.2 Å². The number of nitrogens with one attached hydrogen (secondary N) is 1. The minimum Gasteiger partial charge on any atom is -0.211 e. The van der Waals surface area contributed by atoms with Gasteiger partial charge in [0.15, 0.2) is 0 Å². The van der Waals surface area contributed by atoms with Crippen LogP contribution in [0.1, 0.15) is 12.8 Å². The first-order valence-corrected chi connectivity index (χ1v) is 10.1. The number of sulfonamides is 2. The second-order valence-electron chi connectivity index (χ2n) is 5.39. The van der Waals surface area contributed by atoms with Gasteiger partial charge in [-0.1, -0.05) is 6.58 Å². The number of benzene rings is 1. The number of nitrogens with zero attached hydrogens (tertiary/aromatic N) is 1. The highest BCUT2D eigenvalue weighted by Crippen LogP contribution is 2.23. The van der Waals surface area contributed by atoms with E-state index in [9.17, 15) is 21.2 Å². The van der Waals surface area contributed by atoms with Crippen molar-refractivity contribution in [3.05, 3.63) is 42.1 Å². The largest absolute Gasteiger partial charge is 0.243 e. The van der Waals surface area contributed by atoms with E-state index in [0.717, 1.165) is 24.0 Å². The van der Waals surface area contributed by atoms with E-state index in [1.54, 1.807) is 0 Å². The third-order valence-corrected chi connectivity index (χ3v) is 6.61. The van der Waals surface area contributed by atoms with Crippen LogP contribution in [0.5, 0.6) is 0 Å². The van der Waals surface area contributed by atoms with Gasteiger partial charge in [-0.25, -0.2) is 25.9 Å². The summed E-state index contributed by atoms with van der Waals surface area (Å²) in [5.74, 6) is -0.618. The van der Waals surface area contributed by atoms with Gasteiger partial charge in [-0.05, 0) is 43.0 Å². The average molecular weight is 362 g/mol. The summed E-state index contributed by atoms with van der Waals surface area (Å²) in [4.78, 5) is 0.0335. The van der Waals surface area contributed by atoms with E-state index in [-0.39, 0.29) is 23.9 Å². The second kappa shape index (κ2) is 7.08. The van der Waals surface area contributed by atoms with Crippen LogP contribution in [0.15, 0.2) is 41.1 Å². The van der Waals surface area contributed by atoms with Crippen LogP contribution >= 0.6 is 0 Å². The molecule has 1 saturated heterocycles. The molecule has 0 aromatic heterocycles. The Labute approximate surface area is 136 Å². The van der Waals surface area contributed by atoms with Crippen molar-refractivity contribution in [2.75, 3.05) is 19.6 Å². The number of hydrogen-bond acceptors (Lipinski definition) is 4. The maximum atomic E-state index is 12.9. The molecule has 0 aliphatic carbocycles. The van der Waals surface area contributed by atoms with Gasteiger partial charge in [-0.3, -0.25) is 0 Å². The maximum Gasteiger partial charge on any atom is 0.243 e. The lowest BCUT2D eigenvalue weighted by atomic mass is 10.0. The first-order valence-electron chi connectivity index (χ1n) is 7.12. The smallest absolute Gasteiger partial charge is 0.211 e. The molecular formula is C14H19FN2O4S2. The number of piperidine rings is 1. The van der Waals surface area contributed by atoms with Crippen LogP contribution in [0.4, 0.5) is 4.39 Å². The maximum absolute atomic E-state index is 12.9. The van der Waals surface area contributed by atoms with E-state index in [2.05, 4.69) is 11.3 Å². The topological polar surface area (TPSA) is 83.6 Å². The highest BCUT2D eigenvalue weighted by Gasteiger charge is 2.30. The molecule has 1 atom stereocenters. The Bertz CT molecular complexity index is 760. The van der Waals surface area contributed by atoms with E-state index >= 15 is 0 Å². The summed E-state index contributed by atoms with van der Waals surface area (Å²) in [5, 5.41) is 0.822. The van der Waals surface area contributed by atoms with Gasteiger partial charge in [-0.2, -0.15) is 4.31 Å². The summed E-state index contributed by atoms with van der Waals surface area (Å²) in [7, 11) is -7.23. The van der Waals surface area contributed by atoms with Crippen LogP contribution in [0.3, 0.4) is 0 Å². The van der Waals surface area contributed by atoms with Gasteiger partial charge in [-0.15, -0.1) is 0 Å². The Morgan fingerprint density at radius 2 is 1.91 bits per heavy atom. The lowest BCUT2D eigenvalue weighted by molar-refractivity contribution is 0.267. The monoisotopic (exact) mass is 362 g/mol. The zero-order chi connectivity index (χ0) is 17.1. The zero-order valence-corrected chi connectivity index (χ0v) is 14.1. The molecule has 0 radical (unpaired) electrons. The minimum absolute atomic E-state index is 0.0335. The van der Waals surface area contributed by atoms with E-state index in [1.165, 1.54) is 16.4 Å². The molecule has 0 saturated carbocycles. The van der Waals surface area contributed by atoms with Crippen molar-refractivity contribution in [3.8, 4) is 0 Å². The summed E-state index contributed by atoms with van der Waals surface area (Å²) in [6.07, 6.45) is 1.37. The zero-order valence-electron chi connectivity index (χ0n) is 12.5. The number of hydrogen-bond donors (Lipinski definition) is 1. The summed E-state index contributed by atoms with van der Waals surface area (Å²) in [6.45, 7) is 3.95. The van der Waals surface area contributed by atoms with Crippen molar-refractivity contribution in [1.82, 2.24) is 9.03 Å². The van der Waals surface area contributed by atoms with Crippen LogP contribution in [-0.2, 0) is 20.0 Å². The molecule has 1 aliphatic heterocycles. The van der Waals surface area contributed by atoms with Gasteiger partial charge in [0.05, 0.1) is 4.90 Å². The molecule has 2 rings (SSSR count). The molecule has 23 heavy (non-hydrogen) atoms. The van der Waals surface area contributed by atoms with Gasteiger partial charge >= 0.3 is 0 Å². The molecule has 0 amide bonds. The van der Waals surface area contributed by atoms with Crippen molar-refractivity contribution in [3.63, 3.8) is 0 Å². The van der Waals surface area contributed by atoms with Crippen molar-refractivity contribution in [2.45, 2.75) is 17.7 Å². The predicted octanol–water partition coefficient (Wildman–Crippen LogP) is 1.29. The molecule has 1 heterocycles. The third kappa shape index (κ3) is 4.60. The Balaban J connectivity index is 2.08. The van der Waals surface area contributed by atoms with Crippen LogP contribution in [0.2, 0.25) is 0 Å². The molecule has 1 aromatic carbocycles. The van der Waals surface area contributed by atoms with Crippen molar-refractivity contribution >= 4 is 20.0 Å². The lowest BCUT2D eigenvalue weighted by Gasteiger charge is -2.31. The molecule has 6 nitrogen and oxygen atoms in total. The first kappa shape index (κ1) is 18.1. The first-order chi connectivity index (χ1) is 10.7. The van der Waals surface area contributed by atoms with E-state index < -0.39 is 25.9 Å². The summed E-state index contributed by atoms with van der Waals surface area (Å²) < 4.78 is 64.5. The molecular weight excluding hydrogens is 343 g/mol. The molecule has 0 spiro atoms. The van der Waals surface area contributed by atoms with Gasteiger partial charge < -0.3 is 0 Å². The molecule has 0 bridgehead atoms. The lowest BCUT2D eigenvalue weighted by Crippen LogP contribution is -2.43. The molecule has 1 N–H and O–H groups in total. The Kier molecular flexibility index (Phi) is 5.56. The molecule has 128 valence electrons. The fourth-order valence-corrected chi connectivity index (χ4v) is 4.60. The molecule has 1 unspecified atom stereocenters. The second-order valence-corrected chi connectivity index (χ2v) is 9.04.